The number of halogens is 1. The van der Waals surface area contributed by atoms with Crippen LogP contribution in [0.3, 0.4) is 0 Å². The Morgan fingerprint density at radius 1 is 1.24 bits per heavy atom. The molecule has 7 heteroatoms. The average molecular weight is 327 g/mol. The smallest absolute Gasteiger partial charge is 0.268 e. The van der Waals surface area contributed by atoms with E-state index in [-0.39, 0.29) is 15.5 Å². The van der Waals surface area contributed by atoms with Gasteiger partial charge in [-0.05, 0) is 43.5 Å². The lowest BCUT2D eigenvalue weighted by Crippen LogP contribution is -2.52. The van der Waals surface area contributed by atoms with Gasteiger partial charge in [0.05, 0.1) is 16.1 Å². The maximum Gasteiger partial charge on any atom is 0.268 e. The van der Waals surface area contributed by atoms with Crippen molar-refractivity contribution in [3.63, 3.8) is 0 Å². The molecule has 21 heavy (non-hydrogen) atoms. The number of amides is 1. The third-order valence-corrected chi connectivity index (χ3v) is 6.54. The fraction of sp³-hybridized carbons (Fsp3) is 0.357. The fourth-order valence-corrected chi connectivity index (χ4v) is 4.66. The van der Waals surface area contributed by atoms with Crippen molar-refractivity contribution in [1.82, 2.24) is 4.90 Å². The number of hydrogen-bond acceptors (Lipinski definition) is 4. The first-order valence-electron chi connectivity index (χ1n) is 6.60. The Kier molecular flexibility index (Phi) is 3.07. The Morgan fingerprint density at radius 3 is 2.24 bits per heavy atom. The number of rotatable bonds is 2. The normalized spacial score (nSPS) is 21.0. The second kappa shape index (κ2) is 4.48. The molecule has 3 rings (SSSR count). The van der Waals surface area contributed by atoms with E-state index in [1.165, 1.54) is 29.2 Å². The van der Waals surface area contributed by atoms with Crippen molar-refractivity contribution >= 4 is 27.3 Å². The minimum Gasteiger partial charge on any atom is -0.399 e. The van der Waals surface area contributed by atoms with E-state index in [1.54, 1.807) is 7.05 Å². The van der Waals surface area contributed by atoms with Gasteiger partial charge in [0.2, 0.25) is 9.84 Å². The maximum absolute atomic E-state index is 12.7. The second-order valence-corrected chi connectivity index (χ2v) is 7.77. The van der Waals surface area contributed by atoms with Gasteiger partial charge in [-0.2, -0.15) is 0 Å². The average Bonchev–Trinajstić information content (AvgIpc) is 2.57. The number of benzene rings is 1. The number of nitrogens with zero attached hydrogens (tertiary/aromatic N) is 1. The lowest BCUT2D eigenvalue weighted by atomic mass is 9.75. The zero-order valence-corrected chi connectivity index (χ0v) is 13.0. The van der Waals surface area contributed by atoms with Gasteiger partial charge in [0.1, 0.15) is 0 Å². The highest BCUT2D eigenvalue weighted by molar-refractivity contribution is 7.96. The molecule has 1 aromatic carbocycles. The van der Waals surface area contributed by atoms with Gasteiger partial charge in [0.15, 0.2) is 4.91 Å². The van der Waals surface area contributed by atoms with Crippen LogP contribution in [0.15, 0.2) is 39.8 Å². The molecule has 1 fully saturated rings. The minimum atomic E-state index is -3.93. The maximum atomic E-state index is 12.7. The molecule has 0 radical (unpaired) electrons. The van der Waals surface area contributed by atoms with Gasteiger partial charge in [-0.15, -0.1) is 0 Å². The molecule has 112 valence electrons. The number of carbonyl (C=O) groups is 1. The summed E-state index contributed by atoms with van der Waals surface area (Å²) in [7, 11) is -2.32. The van der Waals surface area contributed by atoms with Gasteiger partial charge < -0.3 is 10.6 Å². The number of hydrogen-bond donors (Lipinski definition) is 1. The van der Waals surface area contributed by atoms with E-state index in [0.29, 0.717) is 17.9 Å². The predicted molar refractivity (Wildman–Crippen MR) is 79.2 cm³/mol. The molecule has 1 heterocycles. The van der Waals surface area contributed by atoms with E-state index in [0.717, 1.165) is 6.42 Å². The molecule has 2 aliphatic rings. The minimum absolute atomic E-state index is 0.0305. The van der Waals surface area contributed by atoms with Crippen LogP contribution in [0, 0.1) is 0 Å². The molecule has 1 aromatic rings. The lowest BCUT2D eigenvalue weighted by molar-refractivity contribution is -0.129. The summed E-state index contributed by atoms with van der Waals surface area (Å²) in [6.07, 6.45) is 2.36. The SMILES string of the molecule is CN1C(=O)C(S(=O)(=O)c2ccc(Cl)cc2)=C(N)C12CCC2. The van der Waals surface area contributed by atoms with Gasteiger partial charge in [-0.25, -0.2) is 8.42 Å². The van der Waals surface area contributed by atoms with Crippen LogP contribution in [-0.2, 0) is 14.6 Å². The van der Waals surface area contributed by atoms with Crippen LogP contribution >= 0.6 is 11.6 Å². The summed E-state index contributed by atoms with van der Waals surface area (Å²) in [6, 6.07) is 5.73. The molecule has 0 aromatic heterocycles. The standard InChI is InChI=1S/C14H15ClN2O3S/c1-17-13(18)11(12(16)14(17)7-2-8-14)21(19,20)10-5-3-9(15)4-6-10/h3-6H,2,7-8,16H2,1H3. The molecular formula is C14H15ClN2O3S. The van der Waals surface area contributed by atoms with Crippen LogP contribution < -0.4 is 5.73 Å². The van der Waals surface area contributed by atoms with E-state index in [2.05, 4.69) is 0 Å². The monoisotopic (exact) mass is 326 g/mol. The Hall–Kier alpha value is -1.53. The summed E-state index contributed by atoms with van der Waals surface area (Å²) < 4.78 is 25.4. The van der Waals surface area contributed by atoms with Crippen molar-refractivity contribution in [2.24, 2.45) is 5.73 Å². The van der Waals surface area contributed by atoms with Gasteiger partial charge in [0, 0.05) is 12.1 Å². The van der Waals surface area contributed by atoms with Crippen LogP contribution in [0.4, 0.5) is 0 Å². The van der Waals surface area contributed by atoms with Crippen molar-refractivity contribution in [1.29, 1.82) is 0 Å². The molecule has 1 aliphatic carbocycles. The molecule has 1 amide bonds. The molecule has 2 N–H and O–H groups in total. The summed E-state index contributed by atoms with van der Waals surface area (Å²) in [6.45, 7) is 0. The molecule has 0 saturated heterocycles. The van der Waals surface area contributed by atoms with Crippen LogP contribution in [0.25, 0.3) is 0 Å². The largest absolute Gasteiger partial charge is 0.399 e. The molecule has 0 bridgehead atoms. The molecule has 1 spiro atoms. The van der Waals surface area contributed by atoms with E-state index >= 15 is 0 Å². The highest BCUT2D eigenvalue weighted by Gasteiger charge is 2.55. The molecule has 0 unspecified atom stereocenters. The Morgan fingerprint density at radius 2 is 1.81 bits per heavy atom. The first kappa shape index (κ1) is 14.4. The van der Waals surface area contributed by atoms with Gasteiger partial charge >= 0.3 is 0 Å². The number of sulfone groups is 1. The van der Waals surface area contributed by atoms with Crippen LogP contribution in [0.5, 0.6) is 0 Å². The molecule has 5 nitrogen and oxygen atoms in total. The van der Waals surface area contributed by atoms with Crippen molar-refractivity contribution in [2.75, 3.05) is 7.05 Å². The summed E-state index contributed by atoms with van der Waals surface area (Å²) in [5, 5.41) is 0.432. The molecule has 1 aliphatic heterocycles. The Balaban J connectivity index is 2.14. The quantitative estimate of drug-likeness (QED) is 0.896. The van der Waals surface area contributed by atoms with E-state index in [9.17, 15) is 13.2 Å². The fourth-order valence-electron chi connectivity index (χ4n) is 2.96. The lowest BCUT2D eigenvalue weighted by Gasteiger charge is -2.44. The molecular weight excluding hydrogens is 312 g/mol. The second-order valence-electron chi connectivity index (χ2n) is 5.45. The predicted octanol–water partition coefficient (Wildman–Crippen LogP) is 1.68. The molecule has 1 saturated carbocycles. The highest BCUT2D eigenvalue weighted by atomic mass is 35.5. The first-order valence-corrected chi connectivity index (χ1v) is 8.46. The third-order valence-electron chi connectivity index (χ3n) is 4.46. The van der Waals surface area contributed by atoms with Gasteiger partial charge in [-0.1, -0.05) is 11.6 Å². The van der Waals surface area contributed by atoms with Gasteiger partial charge in [0.25, 0.3) is 5.91 Å². The van der Waals surface area contributed by atoms with E-state index in [1.807, 2.05) is 0 Å². The van der Waals surface area contributed by atoms with Crippen LogP contribution in [0.2, 0.25) is 5.02 Å². The van der Waals surface area contributed by atoms with Gasteiger partial charge in [-0.3, -0.25) is 4.79 Å². The summed E-state index contributed by atoms with van der Waals surface area (Å²) in [4.78, 5) is 13.6. The van der Waals surface area contributed by atoms with E-state index in [4.69, 9.17) is 17.3 Å². The summed E-state index contributed by atoms with van der Waals surface area (Å²) in [5.41, 5.74) is 5.64. The van der Waals surface area contributed by atoms with Crippen molar-refractivity contribution < 1.29 is 13.2 Å². The van der Waals surface area contributed by atoms with Crippen LogP contribution in [-0.4, -0.2) is 31.8 Å². The third kappa shape index (κ3) is 1.82. The zero-order chi connectivity index (χ0) is 15.4. The summed E-state index contributed by atoms with van der Waals surface area (Å²) in [5.74, 6) is -0.526. The number of carbonyl (C=O) groups excluding carboxylic acids is 1. The van der Waals surface area contributed by atoms with Crippen molar-refractivity contribution in [3.05, 3.63) is 39.9 Å². The molecule has 0 atom stereocenters. The summed E-state index contributed by atoms with van der Waals surface area (Å²) >= 11 is 5.77. The Bertz CT molecular complexity index is 749. The topological polar surface area (TPSA) is 80.5 Å². The van der Waals surface area contributed by atoms with Crippen molar-refractivity contribution in [2.45, 2.75) is 29.7 Å². The number of nitrogens with two attached hydrogens (primary N) is 1. The van der Waals surface area contributed by atoms with Crippen LogP contribution in [0.1, 0.15) is 19.3 Å². The van der Waals surface area contributed by atoms with Crippen molar-refractivity contribution in [3.8, 4) is 0 Å². The zero-order valence-electron chi connectivity index (χ0n) is 11.5. The highest BCUT2D eigenvalue weighted by Crippen LogP contribution is 2.48. The first-order chi connectivity index (χ1) is 9.80. The number of likely N-dealkylation sites (N-methyl/N-ethyl adjacent to an activating group) is 1. The van der Waals surface area contributed by atoms with E-state index < -0.39 is 21.3 Å². The Labute approximate surface area is 128 Å².